The molecular weight excluding hydrogens is 432 g/mol. The molecule has 34 heavy (non-hydrogen) atoms. The Morgan fingerprint density at radius 3 is 2.32 bits per heavy atom. The predicted molar refractivity (Wildman–Crippen MR) is 128 cm³/mol. The maximum Gasteiger partial charge on any atom is 0.336 e. The molecule has 0 spiro atoms. The summed E-state index contributed by atoms with van der Waals surface area (Å²) in [7, 11) is 0. The number of esters is 1. The molecule has 0 bridgehead atoms. The van der Waals surface area contributed by atoms with Crippen LogP contribution in [0.25, 0.3) is 33.1 Å². The summed E-state index contributed by atoms with van der Waals surface area (Å²) in [6, 6.07) is 23.4. The minimum Gasteiger partial charge on any atom is -0.460 e. The third kappa shape index (κ3) is 4.01. The number of furan rings is 1. The van der Waals surface area contributed by atoms with E-state index in [4.69, 9.17) is 13.6 Å². The standard InChI is InChI=1S/C28H20O6/c1-17-14-24(31)34-27-20(17)12-13-22-26(27)25(19-10-6-3-7-11-19)28(33-22)21(29)15-23(30)32-16-18-8-4-2-5-9-18/h2-14H,15-16H2,1H3. The molecule has 6 heteroatoms. The predicted octanol–water partition coefficient (Wildman–Crippen LogP) is 5.83. The van der Waals surface area contributed by atoms with Crippen LogP contribution in [-0.2, 0) is 16.1 Å². The summed E-state index contributed by atoms with van der Waals surface area (Å²) < 4.78 is 16.8. The monoisotopic (exact) mass is 452 g/mol. The number of hydrogen-bond donors (Lipinski definition) is 0. The van der Waals surface area contributed by atoms with Crippen molar-refractivity contribution in [2.75, 3.05) is 0 Å². The second-order valence-electron chi connectivity index (χ2n) is 7.98. The minimum atomic E-state index is -0.652. The number of ether oxygens (including phenoxy) is 1. The Bertz CT molecular complexity index is 1580. The third-order valence-corrected chi connectivity index (χ3v) is 5.63. The molecule has 0 radical (unpaired) electrons. The van der Waals surface area contributed by atoms with Gasteiger partial charge in [0.15, 0.2) is 5.76 Å². The third-order valence-electron chi connectivity index (χ3n) is 5.63. The van der Waals surface area contributed by atoms with Crippen molar-refractivity contribution in [3.05, 3.63) is 106 Å². The normalized spacial score (nSPS) is 11.1. The van der Waals surface area contributed by atoms with Crippen LogP contribution in [0.15, 0.2) is 92.5 Å². The molecule has 5 rings (SSSR count). The maximum absolute atomic E-state index is 13.2. The Kier molecular flexibility index (Phi) is 5.55. The first-order valence-electron chi connectivity index (χ1n) is 10.8. The van der Waals surface area contributed by atoms with Gasteiger partial charge in [-0.2, -0.15) is 0 Å². The molecule has 0 aliphatic heterocycles. The quantitative estimate of drug-likeness (QED) is 0.139. The van der Waals surface area contributed by atoms with E-state index in [2.05, 4.69) is 0 Å². The van der Waals surface area contributed by atoms with Crippen LogP contribution < -0.4 is 5.63 Å². The zero-order chi connectivity index (χ0) is 23.7. The molecule has 0 atom stereocenters. The van der Waals surface area contributed by atoms with Gasteiger partial charge in [-0.15, -0.1) is 0 Å². The Labute approximate surface area is 194 Å². The summed E-state index contributed by atoms with van der Waals surface area (Å²) in [6.07, 6.45) is -0.479. The molecule has 0 fully saturated rings. The molecular formula is C28H20O6. The van der Waals surface area contributed by atoms with E-state index in [1.54, 1.807) is 12.1 Å². The van der Waals surface area contributed by atoms with Gasteiger partial charge in [-0.1, -0.05) is 60.7 Å². The van der Waals surface area contributed by atoms with Crippen molar-refractivity contribution in [3.8, 4) is 11.1 Å². The highest BCUT2D eigenvalue weighted by molar-refractivity contribution is 6.18. The van der Waals surface area contributed by atoms with Gasteiger partial charge in [-0.3, -0.25) is 9.59 Å². The molecule has 0 saturated carbocycles. The van der Waals surface area contributed by atoms with Gasteiger partial charge < -0.3 is 13.6 Å². The number of fused-ring (bicyclic) bond motifs is 3. The van der Waals surface area contributed by atoms with E-state index < -0.39 is 23.8 Å². The highest BCUT2D eigenvalue weighted by Gasteiger charge is 2.26. The van der Waals surface area contributed by atoms with Gasteiger partial charge in [0.25, 0.3) is 0 Å². The van der Waals surface area contributed by atoms with E-state index in [0.29, 0.717) is 27.7 Å². The van der Waals surface area contributed by atoms with E-state index in [0.717, 1.165) is 16.5 Å². The molecule has 2 aromatic heterocycles. The first kappa shape index (κ1) is 21.4. The summed E-state index contributed by atoms with van der Waals surface area (Å²) in [5.74, 6) is -1.15. The van der Waals surface area contributed by atoms with Gasteiger partial charge in [0.2, 0.25) is 5.78 Å². The lowest BCUT2D eigenvalue weighted by Crippen LogP contribution is -2.11. The van der Waals surface area contributed by atoms with Crippen molar-refractivity contribution in [2.45, 2.75) is 20.0 Å². The SMILES string of the molecule is Cc1cc(=O)oc2c1ccc1oc(C(=O)CC(=O)OCc3ccccc3)c(-c3ccccc3)c12. The van der Waals surface area contributed by atoms with E-state index in [9.17, 15) is 14.4 Å². The zero-order valence-corrected chi connectivity index (χ0v) is 18.4. The van der Waals surface area contributed by atoms with Crippen molar-refractivity contribution >= 4 is 33.7 Å². The summed E-state index contributed by atoms with van der Waals surface area (Å²) in [5, 5.41) is 1.26. The van der Waals surface area contributed by atoms with Crippen LogP contribution in [0, 0.1) is 6.92 Å². The van der Waals surface area contributed by atoms with Crippen LogP contribution >= 0.6 is 0 Å². The van der Waals surface area contributed by atoms with E-state index in [-0.39, 0.29) is 12.4 Å². The summed E-state index contributed by atoms with van der Waals surface area (Å²) in [6.45, 7) is 1.90. The van der Waals surface area contributed by atoms with Crippen LogP contribution in [0.5, 0.6) is 0 Å². The zero-order valence-electron chi connectivity index (χ0n) is 18.4. The molecule has 0 aliphatic carbocycles. The molecule has 0 unspecified atom stereocenters. The van der Waals surface area contributed by atoms with Gasteiger partial charge in [-0.25, -0.2) is 4.79 Å². The van der Waals surface area contributed by atoms with Gasteiger partial charge in [0.1, 0.15) is 24.2 Å². The molecule has 0 amide bonds. The molecule has 0 N–H and O–H groups in total. The number of benzene rings is 3. The fraction of sp³-hybridized carbons (Fsp3) is 0.107. The minimum absolute atomic E-state index is 0.0227. The fourth-order valence-corrected chi connectivity index (χ4v) is 4.04. The van der Waals surface area contributed by atoms with Crippen molar-refractivity contribution < 1.29 is 23.2 Å². The molecule has 2 heterocycles. The van der Waals surface area contributed by atoms with Crippen LogP contribution in [0.1, 0.15) is 28.1 Å². The Morgan fingerprint density at radius 2 is 1.59 bits per heavy atom. The van der Waals surface area contributed by atoms with Crippen LogP contribution in [0.4, 0.5) is 0 Å². The molecule has 5 aromatic rings. The summed E-state index contributed by atoms with van der Waals surface area (Å²) in [5.41, 5.74) is 3.02. The highest BCUT2D eigenvalue weighted by Crippen LogP contribution is 2.40. The number of carbonyl (C=O) groups is 2. The van der Waals surface area contributed by atoms with Crippen molar-refractivity contribution in [1.29, 1.82) is 0 Å². The topological polar surface area (TPSA) is 86.7 Å². The van der Waals surface area contributed by atoms with Gasteiger partial charge in [0, 0.05) is 17.0 Å². The smallest absolute Gasteiger partial charge is 0.336 e. The molecule has 168 valence electrons. The summed E-state index contributed by atoms with van der Waals surface area (Å²) >= 11 is 0. The largest absolute Gasteiger partial charge is 0.460 e. The second kappa shape index (κ2) is 8.83. The Balaban J connectivity index is 1.58. The molecule has 3 aromatic carbocycles. The average Bonchev–Trinajstić information content (AvgIpc) is 3.24. The number of hydrogen-bond acceptors (Lipinski definition) is 6. The summed E-state index contributed by atoms with van der Waals surface area (Å²) in [4.78, 5) is 37.8. The van der Waals surface area contributed by atoms with Crippen molar-refractivity contribution in [2.24, 2.45) is 0 Å². The van der Waals surface area contributed by atoms with Crippen LogP contribution in [0.2, 0.25) is 0 Å². The molecule has 6 nitrogen and oxygen atoms in total. The van der Waals surface area contributed by atoms with E-state index in [1.807, 2.05) is 67.6 Å². The van der Waals surface area contributed by atoms with Crippen molar-refractivity contribution in [1.82, 2.24) is 0 Å². The van der Waals surface area contributed by atoms with E-state index >= 15 is 0 Å². The molecule has 0 aliphatic rings. The average molecular weight is 452 g/mol. The lowest BCUT2D eigenvalue weighted by atomic mass is 9.97. The van der Waals surface area contributed by atoms with Gasteiger partial charge in [-0.05, 0) is 35.7 Å². The number of aryl methyl sites for hydroxylation is 1. The Morgan fingerprint density at radius 1 is 0.882 bits per heavy atom. The second-order valence-corrected chi connectivity index (χ2v) is 7.98. The first-order valence-corrected chi connectivity index (χ1v) is 10.8. The Hall–Kier alpha value is -4.45. The lowest BCUT2D eigenvalue weighted by Gasteiger charge is -2.06. The lowest BCUT2D eigenvalue weighted by molar-refractivity contribution is -0.143. The van der Waals surface area contributed by atoms with Gasteiger partial charge in [0.05, 0.1) is 5.39 Å². The number of Topliss-reactive ketones (excluding diaryl/α,β-unsaturated/α-hetero) is 1. The first-order chi connectivity index (χ1) is 16.5. The highest BCUT2D eigenvalue weighted by atomic mass is 16.5. The van der Waals surface area contributed by atoms with Crippen LogP contribution in [0.3, 0.4) is 0 Å². The van der Waals surface area contributed by atoms with Crippen molar-refractivity contribution in [3.63, 3.8) is 0 Å². The van der Waals surface area contributed by atoms with Gasteiger partial charge >= 0.3 is 11.6 Å². The van der Waals surface area contributed by atoms with Crippen LogP contribution in [-0.4, -0.2) is 11.8 Å². The number of ketones is 1. The molecule has 0 saturated heterocycles. The maximum atomic E-state index is 13.2. The number of rotatable bonds is 6. The van der Waals surface area contributed by atoms with E-state index in [1.165, 1.54) is 6.07 Å². The fourth-order valence-electron chi connectivity index (χ4n) is 4.04. The number of carbonyl (C=O) groups excluding carboxylic acids is 2.